The van der Waals surface area contributed by atoms with Gasteiger partial charge < -0.3 is 14.4 Å². The number of methoxy groups -OCH3 is 1. The van der Waals surface area contributed by atoms with E-state index in [2.05, 4.69) is 6.08 Å². The fourth-order valence-corrected chi connectivity index (χ4v) is 3.87. The molecule has 4 nitrogen and oxygen atoms in total. The maximum atomic E-state index is 12.9. The second-order valence-corrected chi connectivity index (χ2v) is 6.60. The summed E-state index contributed by atoms with van der Waals surface area (Å²) in [4.78, 5) is 14.6. The minimum absolute atomic E-state index is 0.0593. The molecule has 23 heavy (non-hydrogen) atoms. The van der Waals surface area contributed by atoms with Gasteiger partial charge in [0.1, 0.15) is 5.76 Å². The molecule has 0 N–H and O–H groups in total. The van der Waals surface area contributed by atoms with Crippen LogP contribution in [0.1, 0.15) is 30.6 Å². The molecule has 0 aromatic carbocycles. The van der Waals surface area contributed by atoms with Gasteiger partial charge in [-0.25, -0.2) is 0 Å². The fourth-order valence-electron chi connectivity index (χ4n) is 2.80. The van der Waals surface area contributed by atoms with Gasteiger partial charge in [-0.1, -0.05) is 11.6 Å². The van der Waals surface area contributed by atoms with Crippen molar-refractivity contribution < 1.29 is 14.3 Å². The molecule has 1 unspecified atom stereocenters. The number of thiophene rings is 1. The summed E-state index contributed by atoms with van der Waals surface area (Å²) in [7, 11) is 1.59. The quantitative estimate of drug-likeness (QED) is 0.820. The molecule has 121 valence electrons. The number of hydrogen-bond acceptors (Lipinski definition) is 4. The molecular weight excluding hydrogens is 334 g/mol. The number of ether oxygens (including phenoxy) is 2. The van der Waals surface area contributed by atoms with Crippen LogP contribution < -0.4 is 4.74 Å². The van der Waals surface area contributed by atoms with Gasteiger partial charge in [0.05, 0.1) is 30.4 Å². The van der Waals surface area contributed by atoms with Crippen LogP contribution in [0.5, 0.6) is 5.06 Å². The van der Waals surface area contributed by atoms with Crippen LogP contribution in [0.3, 0.4) is 0 Å². The highest BCUT2D eigenvalue weighted by Crippen LogP contribution is 2.38. The average molecular weight is 351 g/mol. The summed E-state index contributed by atoms with van der Waals surface area (Å²) in [6, 6.07) is 1.66. The van der Waals surface area contributed by atoms with Crippen LogP contribution >= 0.6 is 22.9 Å². The second kappa shape index (κ2) is 6.42. The molecule has 1 aromatic rings. The molecule has 1 aliphatic carbocycles. The Labute approximate surface area is 144 Å². The highest BCUT2D eigenvalue weighted by atomic mass is 35.5. The zero-order valence-electron chi connectivity index (χ0n) is 13.2. The van der Waals surface area contributed by atoms with E-state index < -0.39 is 0 Å². The molecule has 1 radical (unpaired) electrons. The largest absolute Gasteiger partial charge is 0.496 e. The van der Waals surface area contributed by atoms with Gasteiger partial charge in [-0.05, 0) is 25.5 Å². The minimum atomic E-state index is -0.121. The molecular formula is C17H17ClNO3S. The Kier molecular flexibility index (Phi) is 4.50. The third kappa shape index (κ3) is 2.91. The van der Waals surface area contributed by atoms with Crippen molar-refractivity contribution in [2.75, 3.05) is 13.7 Å². The highest BCUT2D eigenvalue weighted by molar-refractivity contribution is 7.12. The topological polar surface area (TPSA) is 38.8 Å². The first kappa shape index (κ1) is 16.1. The smallest absolute Gasteiger partial charge is 0.259 e. The van der Waals surface area contributed by atoms with Crippen molar-refractivity contribution in [2.24, 2.45) is 0 Å². The molecule has 0 spiro atoms. The monoisotopic (exact) mass is 350 g/mol. The van der Waals surface area contributed by atoms with Crippen molar-refractivity contribution in [1.29, 1.82) is 0 Å². The molecule has 1 aliphatic heterocycles. The lowest BCUT2D eigenvalue weighted by Crippen LogP contribution is -2.37. The maximum absolute atomic E-state index is 12.9. The molecule has 6 heteroatoms. The predicted octanol–water partition coefficient (Wildman–Crippen LogP) is 4.11. The van der Waals surface area contributed by atoms with E-state index >= 15 is 0 Å². The lowest BCUT2D eigenvalue weighted by atomic mass is 9.99. The minimum Gasteiger partial charge on any atom is -0.496 e. The van der Waals surface area contributed by atoms with Crippen molar-refractivity contribution in [1.82, 2.24) is 4.90 Å². The highest BCUT2D eigenvalue weighted by Gasteiger charge is 2.37. The van der Waals surface area contributed by atoms with Crippen LogP contribution in [0.4, 0.5) is 0 Å². The Hall–Kier alpha value is -1.72. The summed E-state index contributed by atoms with van der Waals surface area (Å²) in [6.45, 7) is 4.39. The molecule has 1 atom stereocenters. The average Bonchev–Trinajstić information content (AvgIpc) is 3.10. The van der Waals surface area contributed by atoms with E-state index in [9.17, 15) is 4.79 Å². The number of fused-ring (bicyclic) bond motifs is 1. The Morgan fingerprint density at radius 3 is 3.04 bits per heavy atom. The maximum Gasteiger partial charge on any atom is 0.259 e. The van der Waals surface area contributed by atoms with Crippen molar-refractivity contribution in [3.63, 3.8) is 0 Å². The third-order valence-corrected chi connectivity index (χ3v) is 5.01. The molecule has 3 rings (SSSR count). The summed E-state index contributed by atoms with van der Waals surface area (Å²) in [5, 5.41) is 3.19. The molecule has 1 aromatic heterocycles. The molecule has 0 fully saturated rings. The number of rotatable bonds is 4. The van der Waals surface area contributed by atoms with Crippen LogP contribution in [0.25, 0.3) is 0 Å². The van der Waals surface area contributed by atoms with Crippen molar-refractivity contribution >= 4 is 28.8 Å². The lowest BCUT2D eigenvalue weighted by Gasteiger charge is -2.29. The number of nitrogens with zero attached hydrogens (tertiary/aromatic N) is 1. The van der Waals surface area contributed by atoms with Crippen LogP contribution in [0.15, 0.2) is 39.6 Å². The van der Waals surface area contributed by atoms with Crippen LogP contribution in [-0.4, -0.2) is 30.6 Å². The summed E-state index contributed by atoms with van der Waals surface area (Å²) < 4.78 is 10.7. The number of hydrogen-bond donors (Lipinski definition) is 0. The van der Waals surface area contributed by atoms with Gasteiger partial charge in [-0.3, -0.25) is 4.79 Å². The predicted molar refractivity (Wildman–Crippen MR) is 90.5 cm³/mol. The standard InChI is InChI=1S/C17H17ClNO3S/c1-4-22-16-7-12(9-23-16)17(20)19-10(2)5-11-6-15(21-3)13(18)8-14(11)19/h6-7,9,14H,4,8H2,1-3H3. The Morgan fingerprint density at radius 1 is 1.57 bits per heavy atom. The Bertz CT molecular complexity index is 732. The first-order valence-corrected chi connectivity index (χ1v) is 8.60. The van der Waals surface area contributed by atoms with Gasteiger partial charge in [0.2, 0.25) is 0 Å². The van der Waals surface area contributed by atoms with E-state index in [1.165, 1.54) is 11.3 Å². The summed E-state index contributed by atoms with van der Waals surface area (Å²) in [5.41, 5.74) is 2.34. The number of carbonyl (C=O) groups is 1. The Balaban J connectivity index is 1.86. The molecule has 2 heterocycles. The van der Waals surface area contributed by atoms with Crippen molar-refractivity contribution in [2.45, 2.75) is 26.3 Å². The van der Waals surface area contributed by atoms with Gasteiger partial charge in [0, 0.05) is 29.6 Å². The number of carbonyl (C=O) groups excluding carboxylic acids is 1. The second-order valence-electron chi connectivity index (χ2n) is 5.27. The molecule has 0 saturated carbocycles. The molecule has 0 bridgehead atoms. The van der Waals surface area contributed by atoms with E-state index in [1.54, 1.807) is 18.1 Å². The van der Waals surface area contributed by atoms with Crippen molar-refractivity contribution in [3.8, 4) is 5.06 Å². The summed E-state index contributed by atoms with van der Waals surface area (Å²) >= 11 is 7.70. The van der Waals surface area contributed by atoms with Gasteiger partial charge in [-0.15, -0.1) is 11.3 Å². The van der Waals surface area contributed by atoms with E-state index in [1.807, 2.05) is 25.3 Å². The molecule has 2 aliphatic rings. The van der Waals surface area contributed by atoms with E-state index in [0.29, 0.717) is 29.4 Å². The van der Waals surface area contributed by atoms with E-state index in [0.717, 1.165) is 16.3 Å². The van der Waals surface area contributed by atoms with Crippen molar-refractivity contribution in [3.05, 3.63) is 51.2 Å². The molecule has 1 amide bonds. The fraction of sp³-hybridized carbons (Fsp3) is 0.353. The zero-order valence-corrected chi connectivity index (χ0v) is 14.8. The lowest BCUT2D eigenvalue weighted by molar-refractivity contribution is 0.0780. The number of halogens is 1. The summed E-state index contributed by atoms with van der Waals surface area (Å²) in [5.74, 6) is 0.581. The zero-order chi connectivity index (χ0) is 16.6. The van der Waals surface area contributed by atoms with E-state index in [-0.39, 0.29) is 11.9 Å². The molecule has 0 saturated heterocycles. The van der Waals surface area contributed by atoms with Gasteiger partial charge in [0.25, 0.3) is 5.91 Å². The third-order valence-electron chi connectivity index (χ3n) is 3.83. The SMILES string of the molecule is CCOc1cc(C(=O)N2C(C)=[C]C3=CC(OC)=C(Cl)CC32)cs1. The number of allylic oxidation sites excluding steroid dienone is 2. The normalized spacial score (nSPS) is 20.2. The van der Waals surface area contributed by atoms with Crippen LogP contribution in [-0.2, 0) is 4.74 Å². The van der Waals surface area contributed by atoms with E-state index in [4.69, 9.17) is 21.1 Å². The number of amides is 1. The first-order valence-electron chi connectivity index (χ1n) is 7.34. The van der Waals surface area contributed by atoms with Gasteiger partial charge >= 0.3 is 0 Å². The first-order chi connectivity index (χ1) is 11.0. The van der Waals surface area contributed by atoms with Crippen LogP contribution in [0, 0.1) is 6.08 Å². The summed E-state index contributed by atoms with van der Waals surface area (Å²) in [6.07, 6.45) is 5.65. The van der Waals surface area contributed by atoms with Gasteiger partial charge in [0.15, 0.2) is 5.06 Å². The van der Waals surface area contributed by atoms with Gasteiger partial charge in [-0.2, -0.15) is 0 Å². The Morgan fingerprint density at radius 2 is 2.35 bits per heavy atom. The van der Waals surface area contributed by atoms with Crippen LogP contribution in [0.2, 0.25) is 0 Å².